The Morgan fingerprint density at radius 1 is 1.00 bits per heavy atom. The number of piperidine rings is 1. The van der Waals surface area contributed by atoms with Crippen molar-refractivity contribution in [3.05, 3.63) is 65.7 Å². The largest absolute Gasteiger partial charge is 0.508 e. The number of nitrogens with zero attached hydrogens (tertiary/aromatic N) is 2. The third kappa shape index (κ3) is 5.68. The highest BCUT2D eigenvalue weighted by Crippen LogP contribution is 2.35. The van der Waals surface area contributed by atoms with E-state index in [4.69, 9.17) is 0 Å². The van der Waals surface area contributed by atoms with Crippen LogP contribution >= 0.6 is 0 Å². The topological polar surface area (TPSA) is 67.8 Å². The van der Waals surface area contributed by atoms with Crippen LogP contribution in [-0.4, -0.2) is 65.7 Å². The van der Waals surface area contributed by atoms with E-state index in [1.165, 1.54) is 5.56 Å². The van der Waals surface area contributed by atoms with Gasteiger partial charge >= 0.3 is 6.03 Å². The highest BCUT2D eigenvalue weighted by molar-refractivity contribution is 5.75. The molecule has 2 atom stereocenters. The Hall–Kier alpha value is -2.57. The lowest BCUT2D eigenvalue weighted by atomic mass is 9.83. The van der Waals surface area contributed by atoms with E-state index in [0.717, 1.165) is 44.6 Å². The molecule has 178 valence electrons. The van der Waals surface area contributed by atoms with Gasteiger partial charge in [-0.1, -0.05) is 63.2 Å². The Labute approximate surface area is 198 Å². The van der Waals surface area contributed by atoms with Gasteiger partial charge in [0.2, 0.25) is 0 Å². The number of hydrogen-bond acceptors (Lipinski definition) is 4. The molecular formula is C27H38N4O2. The van der Waals surface area contributed by atoms with Gasteiger partial charge in [-0.2, -0.15) is 0 Å². The van der Waals surface area contributed by atoms with E-state index in [9.17, 15) is 9.90 Å². The molecule has 2 saturated heterocycles. The molecule has 0 saturated carbocycles. The first-order valence-corrected chi connectivity index (χ1v) is 12.2. The first-order valence-electron chi connectivity index (χ1n) is 12.2. The molecule has 2 fully saturated rings. The van der Waals surface area contributed by atoms with E-state index in [1.807, 2.05) is 18.2 Å². The number of aromatic hydroxyl groups is 1. The van der Waals surface area contributed by atoms with Gasteiger partial charge in [0.15, 0.2) is 0 Å². The molecule has 1 unspecified atom stereocenters. The monoisotopic (exact) mass is 450 g/mol. The second kappa shape index (κ2) is 10.1. The van der Waals surface area contributed by atoms with Gasteiger partial charge < -0.3 is 20.6 Å². The molecule has 2 amide bonds. The molecular weight excluding hydrogens is 412 g/mol. The molecule has 0 aromatic heterocycles. The number of hydrogen-bond donors (Lipinski definition) is 3. The van der Waals surface area contributed by atoms with Gasteiger partial charge in [0.05, 0.1) is 12.1 Å². The van der Waals surface area contributed by atoms with E-state index >= 15 is 0 Å². The Kier molecular flexibility index (Phi) is 7.25. The minimum absolute atomic E-state index is 0.0552. The van der Waals surface area contributed by atoms with E-state index in [-0.39, 0.29) is 35.3 Å². The lowest BCUT2D eigenvalue weighted by molar-refractivity contribution is 0.0261. The zero-order valence-electron chi connectivity index (χ0n) is 20.1. The van der Waals surface area contributed by atoms with Crippen LogP contribution in [0.5, 0.6) is 5.75 Å². The molecule has 6 heteroatoms. The summed E-state index contributed by atoms with van der Waals surface area (Å²) in [7, 11) is 0. The van der Waals surface area contributed by atoms with Crippen LogP contribution in [0.1, 0.15) is 50.8 Å². The molecule has 2 aliphatic rings. The quantitative estimate of drug-likeness (QED) is 0.659. The summed E-state index contributed by atoms with van der Waals surface area (Å²) in [6, 6.07) is 18.6. The molecule has 4 rings (SSSR count). The van der Waals surface area contributed by atoms with Crippen molar-refractivity contribution in [3.8, 4) is 5.75 Å². The fraction of sp³-hybridized carbons (Fsp3) is 0.519. The van der Waals surface area contributed by atoms with Crippen molar-refractivity contribution in [1.82, 2.24) is 20.4 Å². The number of phenols is 1. The normalized spacial score (nSPS) is 21.5. The third-order valence-electron chi connectivity index (χ3n) is 7.03. The Morgan fingerprint density at radius 3 is 2.27 bits per heavy atom. The van der Waals surface area contributed by atoms with Gasteiger partial charge in [0.25, 0.3) is 0 Å². The Bertz CT molecular complexity index is 904. The van der Waals surface area contributed by atoms with Gasteiger partial charge in [-0.05, 0) is 54.6 Å². The molecule has 6 nitrogen and oxygen atoms in total. The summed E-state index contributed by atoms with van der Waals surface area (Å²) in [5, 5.41) is 16.5. The highest BCUT2D eigenvalue weighted by atomic mass is 16.3. The molecule has 2 aromatic carbocycles. The summed E-state index contributed by atoms with van der Waals surface area (Å²) in [6.07, 6.45) is 1.98. The van der Waals surface area contributed by atoms with Gasteiger partial charge in [-0.25, -0.2) is 4.79 Å². The minimum atomic E-state index is -0.0552. The minimum Gasteiger partial charge on any atom is -0.508 e. The maximum atomic E-state index is 13.3. The van der Waals surface area contributed by atoms with Crippen LogP contribution < -0.4 is 10.6 Å². The van der Waals surface area contributed by atoms with E-state index < -0.39 is 0 Å². The Balaban J connectivity index is 1.57. The number of rotatable bonds is 4. The second-order valence-electron chi connectivity index (χ2n) is 10.4. The van der Waals surface area contributed by atoms with Crippen molar-refractivity contribution >= 4 is 6.03 Å². The molecule has 0 aliphatic carbocycles. The van der Waals surface area contributed by atoms with Crippen molar-refractivity contribution in [1.29, 1.82) is 0 Å². The van der Waals surface area contributed by atoms with Crippen molar-refractivity contribution < 1.29 is 9.90 Å². The van der Waals surface area contributed by atoms with E-state index in [1.54, 1.807) is 12.1 Å². The average molecular weight is 451 g/mol. The lowest BCUT2D eigenvalue weighted by Gasteiger charge is -2.49. The summed E-state index contributed by atoms with van der Waals surface area (Å²) in [6.45, 7) is 10.9. The van der Waals surface area contributed by atoms with Crippen molar-refractivity contribution in [2.45, 2.75) is 51.7 Å². The first kappa shape index (κ1) is 23.6. The lowest BCUT2D eigenvalue weighted by Crippen LogP contribution is -2.63. The van der Waals surface area contributed by atoms with Crippen LogP contribution in [-0.2, 0) is 0 Å². The number of carbonyl (C=O) groups excluding carboxylic acids is 1. The predicted molar refractivity (Wildman–Crippen MR) is 132 cm³/mol. The molecule has 2 aromatic rings. The van der Waals surface area contributed by atoms with Crippen molar-refractivity contribution in [2.75, 3.05) is 32.7 Å². The highest BCUT2D eigenvalue weighted by Gasteiger charge is 2.40. The third-order valence-corrected chi connectivity index (χ3v) is 7.03. The maximum absolute atomic E-state index is 13.3. The van der Waals surface area contributed by atoms with Gasteiger partial charge in [-0.3, -0.25) is 4.90 Å². The van der Waals surface area contributed by atoms with Gasteiger partial charge in [0, 0.05) is 25.7 Å². The fourth-order valence-corrected chi connectivity index (χ4v) is 5.15. The van der Waals surface area contributed by atoms with Gasteiger partial charge in [0.1, 0.15) is 5.75 Å². The zero-order valence-corrected chi connectivity index (χ0v) is 20.1. The molecule has 2 heterocycles. The van der Waals surface area contributed by atoms with Crippen LogP contribution in [0.2, 0.25) is 0 Å². The summed E-state index contributed by atoms with van der Waals surface area (Å²) < 4.78 is 0. The average Bonchev–Trinajstić information content (AvgIpc) is 2.81. The molecule has 3 N–H and O–H groups in total. The Morgan fingerprint density at radius 2 is 1.64 bits per heavy atom. The summed E-state index contributed by atoms with van der Waals surface area (Å²) >= 11 is 0. The van der Waals surface area contributed by atoms with E-state index in [0.29, 0.717) is 6.54 Å². The summed E-state index contributed by atoms with van der Waals surface area (Å²) in [4.78, 5) is 17.9. The zero-order chi connectivity index (χ0) is 23.4. The number of piperazine rings is 1. The number of amides is 2. The van der Waals surface area contributed by atoms with Crippen LogP contribution in [0.25, 0.3) is 0 Å². The van der Waals surface area contributed by atoms with Crippen LogP contribution in [0.3, 0.4) is 0 Å². The van der Waals surface area contributed by atoms with Crippen LogP contribution in [0, 0.1) is 5.41 Å². The summed E-state index contributed by atoms with van der Waals surface area (Å²) in [5.74, 6) is 0.275. The van der Waals surface area contributed by atoms with Crippen molar-refractivity contribution in [2.24, 2.45) is 5.41 Å². The smallest absolute Gasteiger partial charge is 0.317 e. The first-order chi connectivity index (χ1) is 15.8. The number of benzene rings is 2. The molecule has 33 heavy (non-hydrogen) atoms. The number of nitrogens with one attached hydrogen (secondary N) is 2. The number of urea groups is 1. The molecule has 0 radical (unpaired) electrons. The van der Waals surface area contributed by atoms with Crippen LogP contribution in [0.15, 0.2) is 54.6 Å². The maximum Gasteiger partial charge on any atom is 0.317 e. The summed E-state index contributed by atoms with van der Waals surface area (Å²) in [5.41, 5.74) is 2.32. The number of carbonyl (C=O) groups is 1. The number of phenolic OH excluding ortho intramolecular Hbond substituents is 1. The van der Waals surface area contributed by atoms with Crippen molar-refractivity contribution in [3.63, 3.8) is 0 Å². The molecule has 0 bridgehead atoms. The van der Waals surface area contributed by atoms with E-state index in [2.05, 4.69) is 65.5 Å². The second-order valence-corrected chi connectivity index (χ2v) is 10.4. The standard InChI is InChI=1S/C27H38N4O2/c1-27(2,3)24-19-30(17-18-31(24)26(33)29-22-13-15-28-16-14-22)25(20-7-5-4-6-8-20)21-9-11-23(32)12-10-21/h4-12,22,24-25,28,32H,13-19H2,1-3H3,(H,29,33)/t24-,25?/m1/s1. The molecule has 2 aliphatic heterocycles. The SMILES string of the molecule is CC(C)(C)[C@H]1CN(C(c2ccccc2)c2ccc(O)cc2)CCN1C(=O)NC1CCNCC1. The predicted octanol–water partition coefficient (Wildman–Crippen LogP) is 3.98. The molecule has 0 spiro atoms. The van der Waals surface area contributed by atoms with Crippen LogP contribution in [0.4, 0.5) is 4.79 Å². The van der Waals surface area contributed by atoms with Gasteiger partial charge in [-0.15, -0.1) is 0 Å². The fourth-order valence-electron chi connectivity index (χ4n) is 5.15.